The first-order valence-corrected chi connectivity index (χ1v) is 9.17. The van der Waals surface area contributed by atoms with Crippen LogP contribution in [-0.2, 0) is 13.0 Å². The molecule has 5 heteroatoms. The number of rotatable bonds is 5. The number of aliphatic hydroxyl groups excluding tert-OH is 1. The summed E-state index contributed by atoms with van der Waals surface area (Å²) >= 11 is 0. The van der Waals surface area contributed by atoms with Crippen molar-refractivity contribution in [3.05, 3.63) is 75.8 Å². The van der Waals surface area contributed by atoms with Crippen molar-refractivity contribution in [3.63, 3.8) is 0 Å². The molecule has 1 aromatic heterocycles. The average molecular weight is 349 g/mol. The number of benzene rings is 2. The number of aryl methyl sites for hydroxylation is 1. The van der Waals surface area contributed by atoms with E-state index in [9.17, 15) is 9.90 Å². The third-order valence-electron chi connectivity index (χ3n) is 5.18. The molecule has 134 valence electrons. The van der Waals surface area contributed by atoms with E-state index in [4.69, 9.17) is 0 Å². The number of fused-ring (bicyclic) bond motifs is 2. The summed E-state index contributed by atoms with van der Waals surface area (Å²) in [7, 11) is 0. The molecule has 0 saturated heterocycles. The molecule has 0 saturated carbocycles. The van der Waals surface area contributed by atoms with Crippen LogP contribution in [0, 0.1) is 0 Å². The number of nitrogens with zero attached hydrogens (tertiary/aromatic N) is 2. The van der Waals surface area contributed by atoms with Gasteiger partial charge in [0.2, 0.25) is 0 Å². The molecule has 0 fully saturated rings. The first-order chi connectivity index (χ1) is 12.8. The fourth-order valence-electron chi connectivity index (χ4n) is 3.98. The van der Waals surface area contributed by atoms with Gasteiger partial charge in [-0.25, -0.2) is 4.98 Å². The van der Waals surface area contributed by atoms with Crippen LogP contribution in [0.2, 0.25) is 0 Å². The van der Waals surface area contributed by atoms with E-state index in [2.05, 4.69) is 39.1 Å². The van der Waals surface area contributed by atoms with Gasteiger partial charge in [-0.3, -0.25) is 9.69 Å². The highest BCUT2D eigenvalue weighted by Crippen LogP contribution is 2.34. The third kappa shape index (κ3) is 3.28. The molecule has 0 radical (unpaired) electrons. The maximum Gasteiger partial charge on any atom is 0.258 e. The molecule has 1 heterocycles. The Morgan fingerprint density at radius 3 is 2.85 bits per heavy atom. The molecule has 0 aliphatic heterocycles. The van der Waals surface area contributed by atoms with Crippen LogP contribution in [0.5, 0.6) is 0 Å². The molecule has 3 aromatic rings. The Labute approximate surface area is 152 Å². The number of aromatic nitrogens is 2. The van der Waals surface area contributed by atoms with Crippen molar-refractivity contribution >= 4 is 10.9 Å². The molecule has 1 aliphatic rings. The number of hydrogen-bond donors (Lipinski definition) is 2. The minimum atomic E-state index is -0.112. The molecule has 2 aromatic carbocycles. The van der Waals surface area contributed by atoms with Crippen LogP contribution in [0.25, 0.3) is 10.9 Å². The van der Waals surface area contributed by atoms with E-state index in [1.54, 1.807) is 6.07 Å². The minimum absolute atomic E-state index is 0.0798. The summed E-state index contributed by atoms with van der Waals surface area (Å²) in [4.78, 5) is 22.1. The Bertz CT molecular complexity index is 967. The Balaban J connectivity index is 1.67. The molecule has 4 rings (SSSR count). The van der Waals surface area contributed by atoms with Gasteiger partial charge in [0.05, 0.1) is 24.1 Å². The van der Waals surface area contributed by atoms with Gasteiger partial charge in [0.15, 0.2) is 0 Å². The largest absolute Gasteiger partial charge is 0.395 e. The van der Waals surface area contributed by atoms with Gasteiger partial charge in [-0.2, -0.15) is 0 Å². The first kappa shape index (κ1) is 16.9. The number of aromatic amines is 1. The molecular formula is C21H23N3O2. The highest BCUT2D eigenvalue weighted by molar-refractivity contribution is 5.77. The normalized spacial score (nSPS) is 16.8. The lowest BCUT2D eigenvalue weighted by atomic mass is 9.87. The van der Waals surface area contributed by atoms with E-state index >= 15 is 0 Å². The van der Waals surface area contributed by atoms with Gasteiger partial charge in [-0.1, -0.05) is 36.4 Å². The molecule has 26 heavy (non-hydrogen) atoms. The summed E-state index contributed by atoms with van der Waals surface area (Å²) < 4.78 is 0. The van der Waals surface area contributed by atoms with Crippen molar-refractivity contribution in [1.82, 2.24) is 14.9 Å². The summed E-state index contributed by atoms with van der Waals surface area (Å²) in [6.45, 7) is 1.14. The van der Waals surface area contributed by atoms with Gasteiger partial charge < -0.3 is 10.1 Å². The van der Waals surface area contributed by atoms with Crippen molar-refractivity contribution < 1.29 is 5.11 Å². The standard InChI is InChI=1S/C21H23N3O2/c25-13-12-24(19-11-5-7-15-6-1-2-8-16(15)19)14-20-22-18-10-4-3-9-17(18)21(26)23-20/h1-4,6,8-10,19,25H,5,7,11-14H2,(H,22,23,26)/t19-/m1/s1. The molecule has 0 spiro atoms. The van der Waals surface area contributed by atoms with Gasteiger partial charge in [0, 0.05) is 12.6 Å². The lowest BCUT2D eigenvalue weighted by Gasteiger charge is -2.35. The maximum atomic E-state index is 12.4. The molecule has 0 unspecified atom stereocenters. The van der Waals surface area contributed by atoms with Crippen LogP contribution < -0.4 is 5.56 Å². The number of aliphatic hydroxyl groups is 1. The van der Waals surface area contributed by atoms with Gasteiger partial charge in [-0.15, -0.1) is 0 Å². The number of hydrogen-bond acceptors (Lipinski definition) is 4. The van der Waals surface area contributed by atoms with E-state index in [1.807, 2.05) is 18.2 Å². The Hall–Kier alpha value is -2.50. The molecule has 5 nitrogen and oxygen atoms in total. The van der Waals surface area contributed by atoms with E-state index in [0.29, 0.717) is 29.8 Å². The monoisotopic (exact) mass is 349 g/mol. The van der Waals surface area contributed by atoms with Gasteiger partial charge in [0.1, 0.15) is 5.82 Å². The molecular weight excluding hydrogens is 326 g/mol. The van der Waals surface area contributed by atoms with Crippen LogP contribution >= 0.6 is 0 Å². The summed E-state index contributed by atoms with van der Waals surface area (Å²) in [5.41, 5.74) is 3.31. The summed E-state index contributed by atoms with van der Waals surface area (Å²) in [5.74, 6) is 0.644. The predicted molar refractivity (Wildman–Crippen MR) is 102 cm³/mol. The van der Waals surface area contributed by atoms with Crippen molar-refractivity contribution in [1.29, 1.82) is 0 Å². The smallest absolute Gasteiger partial charge is 0.258 e. The lowest BCUT2D eigenvalue weighted by molar-refractivity contribution is 0.128. The zero-order valence-corrected chi connectivity index (χ0v) is 14.7. The quantitative estimate of drug-likeness (QED) is 0.743. The summed E-state index contributed by atoms with van der Waals surface area (Å²) in [6.07, 6.45) is 3.28. The minimum Gasteiger partial charge on any atom is -0.395 e. The van der Waals surface area contributed by atoms with E-state index in [1.165, 1.54) is 11.1 Å². The van der Waals surface area contributed by atoms with E-state index in [0.717, 1.165) is 19.3 Å². The highest BCUT2D eigenvalue weighted by Gasteiger charge is 2.26. The lowest BCUT2D eigenvalue weighted by Crippen LogP contribution is -2.34. The zero-order valence-electron chi connectivity index (χ0n) is 14.7. The van der Waals surface area contributed by atoms with Crippen molar-refractivity contribution in [2.45, 2.75) is 31.8 Å². The topological polar surface area (TPSA) is 69.2 Å². The second kappa shape index (κ2) is 7.40. The number of para-hydroxylation sites is 1. The average Bonchev–Trinajstić information content (AvgIpc) is 2.67. The molecule has 2 N–H and O–H groups in total. The first-order valence-electron chi connectivity index (χ1n) is 9.17. The summed E-state index contributed by atoms with van der Waals surface area (Å²) in [5, 5.41) is 10.2. The van der Waals surface area contributed by atoms with Crippen molar-refractivity contribution in [3.8, 4) is 0 Å². The van der Waals surface area contributed by atoms with E-state index < -0.39 is 0 Å². The summed E-state index contributed by atoms with van der Waals surface area (Å²) in [6, 6.07) is 16.1. The second-order valence-electron chi connectivity index (χ2n) is 6.83. The van der Waals surface area contributed by atoms with Crippen LogP contribution in [0.1, 0.15) is 35.8 Å². The Kier molecular flexibility index (Phi) is 4.82. The molecule has 1 atom stereocenters. The highest BCUT2D eigenvalue weighted by atomic mass is 16.3. The zero-order chi connectivity index (χ0) is 17.9. The fourth-order valence-corrected chi connectivity index (χ4v) is 3.98. The van der Waals surface area contributed by atoms with Crippen LogP contribution in [0.15, 0.2) is 53.3 Å². The maximum absolute atomic E-state index is 12.4. The van der Waals surface area contributed by atoms with Crippen LogP contribution in [0.4, 0.5) is 0 Å². The van der Waals surface area contributed by atoms with Gasteiger partial charge >= 0.3 is 0 Å². The molecule has 0 bridgehead atoms. The molecule has 0 amide bonds. The van der Waals surface area contributed by atoms with Crippen LogP contribution in [0.3, 0.4) is 0 Å². The molecule has 1 aliphatic carbocycles. The SMILES string of the molecule is O=c1[nH]c(CN(CCO)[C@@H]2CCCc3ccccc32)nc2ccccc12. The fraction of sp³-hybridized carbons (Fsp3) is 0.333. The Morgan fingerprint density at radius 2 is 1.96 bits per heavy atom. The second-order valence-corrected chi connectivity index (χ2v) is 6.83. The van der Waals surface area contributed by atoms with Gasteiger partial charge in [0.25, 0.3) is 5.56 Å². The van der Waals surface area contributed by atoms with Crippen molar-refractivity contribution in [2.24, 2.45) is 0 Å². The van der Waals surface area contributed by atoms with Crippen molar-refractivity contribution in [2.75, 3.05) is 13.2 Å². The van der Waals surface area contributed by atoms with Crippen LogP contribution in [-0.4, -0.2) is 33.1 Å². The number of H-pyrrole nitrogens is 1. The van der Waals surface area contributed by atoms with E-state index in [-0.39, 0.29) is 18.2 Å². The Morgan fingerprint density at radius 1 is 1.15 bits per heavy atom. The predicted octanol–water partition coefficient (Wildman–Crippen LogP) is 2.80. The third-order valence-corrected chi connectivity index (χ3v) is 5.18. The van der Waals surface area contributed by atoms with Gasteiger partial charge in [-0.05, 0) is 42.5 Å². The number of nitrogens with one attached hydrogen (secondary N) is 1.